The van der Waals surface area contributed by atoms with Crippen LogP contribution in [0.15, 0.2) is 12.3 Å². The van der Waals surface area contributed by atoms with Crippen LogP contribution < -0.4 is 5.73 Å². The van der Waals surface area contributed by atoms with Crippen molar-refractivity contribution < 1.29 is 4.74 Å². The van der Waals surface area contributed by atoms with E-state index in [1.165, 1.54) is 0 Å². The van der Waals surface area contributed by atoms with Gasteiger partial charge in [-0.05, 0) is 12.5 Å². The van der Waals surface area contributed by atoms with Crippen molar-refractivity contribution >= 4 is 23.2 Å². The van der Waals surface area contributed by atoms with Crippen LogP contribution in [0.1, 0.15) is 18.2 Å². The molecule has 2 heterocycles. The van der Waals surface area contributed by atoms with Gasteiger partial charge >= 0.3 is 0 Å². The summed E-state index contributed by atoms with van der Waals surface area (Å²) < 4.78 is 5.29. The number of pyridine rings is 1. The van der Waals surface area contributed by atoms with Crippen LogP contribution in [0.5, 0.6) is 0 Å². The summed E-state index contributed by atoms with van der Waals surface area (Å²) in [4.78, 5) is 4.18. The highest BCUT2D eigenvalue weighted by Gasteiger charge is 2.26. The van der Waals surface area contributed by atoms with Crippen molar-refractivity contribution in [2.45, 2.75) is 12.5 Å². The molecule has 1 saturated heterocycles. The van der Waals surface area contributed by atoms with Gasteiger partial charge in [-0.25, -0.2) is 0 Å². The van der Waals surface area contributed by atoms with Crippen molar-refractivity contribution in [1.82, 2.24) is 4.98 Å². The minimum Gasteiger partial charge on any atom is -0.381 e. The van der Waals surface area contributed by atoms with E-state index in [1.807, 2.05) is 0 Å². The third-order valence-corrected chi connectivity index (χ3v) is 3.13. The van der Waals surface area contributed by atoms with Crippen molar-refractivity contribution in [1.29, 1.82) is 0 Å². The Balaban J connectivity index is 2.20. The standard InChI is InChI=1S/C10H12Cl2N2O/c11-7-3-8(12)10(14-4-7)9(13)6-1-2-15-5-6/h3-4,6,9H,1-2,5,13H2. The predicted octanol–water partition coefficient (Wildman–Crippen LogP) is 2.42. The lowest BCUT2D eigenvalue weighted by atomic mass is 9.97. The van der Waals surface area contributed by atoms with Gasteiger partial charge in [0.2, 0.25) is 0 Å². The third-order valence-electron chi connectivity index (χ3n) is 2.62. The zero-order chi connectivity index (χ0) is 10.8. The van der Waals surface area contributed by atoms with Crippen LogP contribution >= 0.6 is 23.2 Å². The molecule has 1 aromatic rings. The summed E-state index contributed by atoms with van der Waals surface area (Å²) in [7, 11) is 0. The fraction of sp³-hybridized carbons (Fsp3) is 0.500. The summed E-state index contributed by atoms with van der Waals surface area (Å²) >= 11 is 11.8. The molecule has 2 atom stereocenters. The highest BCUT2D eigenvalue weighted by atomic mass is 35.5. The second-order valence-electron chi connectivity index (χ2n) is 3.67. The molecule has 1 aliphatic rings. The van der Waals surface area contributed by atoms with Gasteiger partial charge in [0.05, 0.1) is 28.4 Å². The first-order chi connectivity index (χ1) is 7.18. The topological polar surface area (TPSA) is 48.1 Å². The first-order valence-electron chi connectivity index (χ1n) is 4.82. The lowest BCUT2D eigenvalue weighted by Crippen LogP contribution is -2.23. The van der Waals surface area contributed by atoms with E-state index in [4.69, 9.17) is 33.7 Å². The summed E-state index contributed by atoms with van der Waals surface area (Å²) in [5.74, 6) is 0.302. The molecule has 1 aromatic heterocycles. The van der Waals surface area contributed by atoms with Crippen LogP contribution in [0.3, 0.4) is 0 Å². The Morgan fingerprint density at radius 2 is 2.33 bits per heavy atom. The Labute approximate surface area is 98.5 Å². The monoisotopic (exact) mass is 246 g/mol. The Bertz CT molecular complexity index is 353. The molecule has 0 bridgehead atoms. The van der Waals surface area contributed by atoms with Crippen molar-refractivity contribution in [3.63, 3.8) is 0 Å². The van der Waals surface area contributed by atoms with Crippen molar-refractivity contribution in [2.75, 3.05) is 13.2 Å². The maximum Gasteiger partial charge on any atom is 0.0761 e. The summed E-state index contributed by atoms with van der Waals surface area (Å²) in [6.07, 6.45) is 2.53. The van der Waals surface area contributed by atoms with Crippen LogP contribution in [-0.2, 0) is 4.74 Å². The van der Waals surface area contributed by atoms with Crippen molar-refractivity contribution in [3.8, 4) is 0 Å². The SMILES string of the molecule is NC(c1ncc(Cl)cc1Cl)C1CCOC1. The molecule has 0 aromatic carbocycles. The summed E-state index contributed by atoms with van der Waals surface area (Å²) in [5.41, 5.74) is 6.79. The van der Waals surface area contributed by atoms with Crippen molar-refractivity contribution in [2.24, 2.45) is 11.7 Å². The maximum atomic E-state index is 6.08. The van der Waals surface area contributed by atoms with E-state index in [1.54, 1.807) is 12.3 Å². The van der Waals surface area contributed by atoms with Gasteiger partial charge in [0.1, 0.15) is 0 Å². The van der Waals surface area contributed by atoms with E-state index >= 15 is 0 Å². The minimum absolute atomic E-state index is 0.169. The number of halogens is 2. The zero-order valence-electron chi connectivity index (χ0n) is 8.12. The Morgan fingerprint density at radius 1 is 1.53 bits per heavy atom. The van der Waals surface area contributed by atoms with E-state index < -0.39 is 0 Å². The highest BCUT2D eigenvalue weighted by molar-refractivity contribution is 6.34. The highest BCUT2D eigenvalue weighted by Crippen LogP contribution is 2.30. The molecule has 0 spiro atoms. The molecule has 2 N–H and O–H groups in total. The fourth-order valence-electron chi connectivity index (χ4n) is 1.73. The van der Waals surface area contributed by atoms with Crippen LogP contribution in [0.2, 0.25) is 10.0 Å². The van der Waals surface area contributed by atoms with E-state index in [-0.39, 0.29) is 6.04 Å². The number of nitrogens with zero attached hydrogens (tertiary/aromatic N) is 1. The Morgan fingerprint density at radius 3 is 2.93 bits per heavy atom. The van der Waals surface area contributed by atoms with Gasteiger partial charge in [-0.1, -0.05) is 23.2 Å². The second kappa shape index (κ2) is 4.66. The molecule has 0 aliphatic carbocycles. The van der Waals surface area contributed by atoms with E-state index in [0.717, 1.165) is 13.0 Å². The zero-order valence-corrected chi connectivity index (χ0v) is 9.63. The molecule has 15 heavy (non-hydrogen) atoms. The molecule has 2 rings (SSSR count). The van der Waals surface area contributed by atoms with Crippen LogP contribution in [0.25, 0.3) is 0 Å². The van der Waals surface area contributed by atoms with Gasteiger partial charge in [0, 0.05) is 18.7 Å². The molecule has 5 heteroatoms. The molecule has 82 valence electrons. The van der Waals surface area contributed by atoms with E-state index in [9.17, 15) is 0 Å². The van der Waals surface area contributed by atoms with Gasteiger partial charge < -0.3 is 10.5 Å². The lowest BCUT2D eigenvalue weighted by molar-refractivity contribution is 0.180. The first kappa shape index (κ1) is 11.1. The third kappa shape index (κ3) is 2.42. The Hall–Kier alpha value is -0.350. The number of ether oxygens (including phenoxy) is 1. The summed E-state index contributed by atoms with van der Waals surface area (Å²) in [6, 6.07) is 1.50. The van der Waals surface area contributed by atoms with Gasteiger partial charge in [-0.2, -0.15) is 0 Å². The second-order valence-corrected chi connectivity index (χ2v) is 4.51. The molecule has 0 amide bonds. The van der Waals surface area contributed by atoms with E-state index in [2.05, 4.69) is 4.98 Å². The largest absolute Gasteiger partial charge is 0.381 e. The summed E-state index contributed by atoms with van der Waals surface area (Å²) in [6.45, 7) is 1.45. The smallest absolute Gasteiger partial charge is 0.0761 e. The molecule has 0 radical (unpaired) electrons. The summed E-state index contributed by atoms with van der Waals surface area (Å²) in [5, 5.41) is 1.06. The predicted molar refractivity (Wildman–Crippen MR) is 60.1 cm³/mol. The number of aromatic nitrogens is 1. The molecular weight excluding hydrogens is 235 g/mol. The number of rotatable bonds is 2. The van der Waals surface area contributed by atoms with Gasteiger partial charge in [-0.3, -0.25) is 4.98 Å². The van der Waals surface area contributed by atoms with Crippen molar-refractivity contribution in [3.05, 3.63) is 28.0 Å². The molecule has 2 unspecified atom stereocenters. The molecule has 1 fully saturated rings. The van der Waals surface area contributed by atoms with Gasteiger partial charge in [0.15, 0.2) is 0 Å². The van der Waals surface area contributed by atoms with Gasteiger partial charge in [-0.15, -0.1) is 0 Å². The average molecular weight is 247 g/mol. The van der Waals surface area contributed by atoms with Crippen LogP contribution in [-0.4, -0.2) is 18.2 Å². The molecule has 0 saturated carbocycles. The average Bonchev–Trinajstić information content (AvgIpc) is 2.69. The van der Waals surface area contributed by atoms with Crippen LogP contribution in [0, 0.1) is 5.92 Å². The lowest BCUT2D eigenvalue weighted by Gasteiger charge is -2.17. The maximum absolute atomic E-state index is 6.08. The molecular formula is C10H12Cl2N2O. The minimum atomic E-state index is -0.169. The van der Waals surface area contributed by atoms with E-state index in [0.29, 0.717) is 28.3 Å². The normalized spacial score (nSPS) is 23.0. The number of nitrogens with two attached hydrogens (primary N) is 1. The first-order valence-corrected chi connectivity index (χ1v) is 5.58. The Kier molecular flexibility index (Phi) is 3.46. The van der Waals surface area contributed by atoms with Crippen LogP contribution in [0.4, 0.5) is 0 Å². The molecule has 3 nitrogen and oxygen atoms in total. The fourth-order valence-corrected chi connectivity index (χ4v) is 2.24. The van der Waals surface area contributed by atoms with Gasteiger partial charge in [0.25, 0.3) is 0 Å². The number of hydrogen-bond acceptors (Lipinski definition) is 3. The molecule has 1 aliphatic heterocycles. The quantitative estimate of drug-likeness (QED) is 0.873. The number of hydrogen-bond donors (Lipinski definition) is 1.